The van der Waals surface area contributed by atoms with Crippen LogP contribution in [-0.4, -0.2) is 36.9 Å². The molecule has 1 N–H and O–H groups in total. The summed E-state index contributed by atoms with van der Waals surface area (Å²) in [6, 6.07) is 0. The summed E-state index contributed by atoms with van der Waals surface area (Å²) in [4.78, 5) is 23.4. The van der Waals surface area contributed by atoms with Gasteiger partial charge >= 0.3 is 11.9 Å². The molecule has 0 unspecified atom stereocenters. The van der Waals surface area contributed by atoms with Gasteiger partial charge in [-0.25, -0.2) is 9.59 Å². The predicted octanol–water partition coefficient (Wildman–Crippen LogP) is 1.68. The van der Waals surface area contributed by atoms with Crippen molar-refractivity contribution < 1.29 is 24.2 Å². The van der Waals surface area contributed by atoms with E-state index in [0.717, 1.165) is 5.57 Å². The van der Waals surface area contributed by atoms with Gasteiger partial charge in [0, 0.05) is 17.1 Å². The van der Waals surface area contributed by atoms with Crippen molar-refractivity contribution in [1.29, 1.82) is 0 Å². The number of fused-ring (bicyclic) bond motifs is 1. The van der Waals surface area contributed by atoms with E-state index in [1.807, 2.05) is 12.2 Å². The predicted molar refractivity (Wildman–Crippen MR) is 76.2 cm³/mol. The van der Waals surface area contributed by atoms with E-state index in [2.05, 4.69) is 6.58 Å². The van der Waals surface area contributed by atoms with Crippen molar-refractivity contribution in [2.24, 2.45) is 5.92 Å². The summed E-state index contributed by atoms with van der Waals surface area (Å²) in [5, 5.41) is 9.40. The molecule has 0 amide bonds. The number of hydrogen-bond acceptors (Lipinski definition) is 5. The maximum atomic E-state index is 11.7. The smallest absolute Gasteiger partial charge is 0.334 e. The SMILES string of the molecule is C=C1C(=O)O[C@@H]2/C=C(\CO)CC/C=C(/C(=O)OC)CC[C@@H]12. The number of esters is 2. The van der Waals surface area contributed by atoms with Crippen molar-refractivity contribution in [1.82, 2.24) is 0 Å². The lowest BCUT2D eigenvalue weighted by molar-refractivity contribution is -0.138. The number of methoxy groups -OCH3 is 1. The number of hydrogen-bond donors (Lipinski definition) is 1. The van der Waals surface area contributed by atoms with Crippen LogP contribution in [0.4, 0.5) is 0 Å². The third-order valence-corrected chi connectivity index (χ3v) is 3.98. The number of carbonyl (C=O) groups excluding carboxylic acids is 2. The van der Waals surface area contributed by atoms with Crippen LogP contribution in [0.25, 0.3) is 0 Å². The van der Waals surface area contributed by atoms with Gasteiger partial charge < -0.3 is 14.6 Å². The Kier molecular flexibility index (Phi) is 4.96. The Hall–Kier alpha value is -1.88. The van der Waals surface area contributed by atoms with Crippen LogP contribution in [0.1, 0.15) is 25.7 Å². The van der Waals surface area contributed by atoms with Crippen LogP contribution in [-0.2, 0) is 19.1 Å². The summed E-state index contributed by atoms with van der Waals surface area (Å²) in [6.45, 7) is 3.70. The van der Waals surface area contributed by atoms with E-state index in [4.69, 9.17) is 9.47 Å². The van der Waals surface area contributed by atoms with Crippen molar-refractivity contribution in [2.45, 2.75) is 31.8 Å². The van der Waals surface area contributed by atoms with Crippen LogP contribution in [0, 0.1) is 5.92 Å². The van der Waals surface area contributed by atoms with Crippen molar-refractivity contribution in [3.8, 4) is 0 Å². The maximum absolute atomic E-state index is 11.7. The minimum atomic E-state index is -0.401. The van der Waals surface area contributed by atoms with Crippen molar-refractivity contribution in [2.75, 3.05) is 13.7 Å². The highest BCUT2D eigenvalue weighted by Crippen LogP contribution is 2.34. The normalized spacial score (nSPS) is 31.3. The molecule has 5 heteroatoms. The molecule has 2 aliphatic rings. The Balaban J connectivity index is 2.27. The van der Waals surface area contributed by atoms with Crippen molar-refractivity contribution in [3.05, 3.63) is 35.5 Å². The van der Waals surface area contributed by atoms with E-state index < -0.39 is 12.1 Å². The number of carbonyl (C=O) groups is 2. The fourth-order valence-corrected chi connectivity index (χ4v) is 2.73. The standard InChI is InChI=1S/C16H20O5/c1-10-13-7-6-12(16(19)20-2)5-3-4-11(9-17)8-14(13)21-15(10)18/h5,8,13-14,17H,1,3-4,6-7,9H2,2H3/b11-8-,12-5+/t13-,14+/m0/s1. The molecular weight excluding hydrogens is 272 g/mol. The zero-order valence-electron chi connectivity index (χ0n) is 12.1. The molecule has 0 spiro atoms. The summed E-state index contributed by atoms with van der Waals surface area (Å²) in [7, 11) is 1.35. The first-order valence-electron chi connectivity index (χ1n) is 7.04. The number of ether oxygens (including phenoxy) is 2. The Morgan fingerprint density at radius 2 is 2.29 bits per heavy atom. The van der Waals surface area contributed by atoms with Gasteiger partial charge in [0.15, 0.2) is 0 Å². The average molecular weight is 292 g/mol. The number of allylic oxidation sites excluding steroid dienone is 1. The van der Waals surface area contributed by atoms with Crippen LogP contribution >= 0.6 is 0 Å². The van der Waals surface area contributed by atoms with Crippen LogP contribution in [0.5, 0.6) is 0 Å². The highest BCUT2D eigenvalue weighted by Gasteiger charge is 2.37. The quantitative estimate of drug-likeness (QED) is 0.476. The molecular formula is C16H20O5. The molecule has 2 rings (SSSR count). The molecule has 1 aliphatic carbocycles. The topological polar surface area (TPSA) is 72.8 Å². The molecule has 0 aromatic heterocycles. The average Bonchev–Trinajstić information content (AvgIpc) is 2.76. The van der Waals surface area contributed by atoms with Gasteiger partial charge in [-0.05, 0) is 37.3 Å². The number of aliphatic hydroxyl groups excluding tert-OH is 1. The molecule has 1 heterocycles. The fourth-order valence-electron chi connectivity index (χ4n) is 2.73. The molecule has 1 aliphatic heterocycles. The van der Waals surface area contributed by atoms with E-state index in [0.29, 0.717) is 36.8 Å². The molecule has 0 bridgehead atoms. The number of aliphatic hydroxyl groups is 1. The maximum Gasteiger partial charge on any atom is 0.334 e. The van der Waals surface area contributed by atoms with Crippen LogP contribution < -0.4 is 0 Å². The van der Waals surface area contributed by atoms with E-state index in [1.165, 1.54) is 7.11 Å². The fraction of sp³-hybridized carbons (Fsp3) is 0.500. The lowest BCUT2D eigenvalue weighted by Gasteiger charge is -2.18. The van der Waals surface area contributed by atoms with E-state index in [9.17, 15) is 14.7 Å². The zero-order valence-corrected chi connectivity index (χ0v) is 12.1. The van der Waals surface area contributed by atoms with Crippen molar-refractivity contribution >= 4 is 11.9 Å². The van der Waals surface area contributed by atoms with Crippen LogP contribution in [0.3, 0.4) is 0 Å². The Labute approximate surface area is 123 Å². The molecule has 0 radical (unpaired) electrons. The van der Waals surface area contributed by atoms with Gasteiger partial charge in [-0.2, -0.15) is 0 Å². The monoisotopic (exact) mass is 292 g/mol. The summed E-state index contributed by atoms with van der Waals surface area (Å²) in [5.41, 5.74) is 1.83. The first-order valence-corrected chi connectivity index (χ1v) is 7.04. The van der Waals surface area contributed by atoms with Gasteiger partial charge in [-0.15, -0.1) is 0 Å². The molecule has 2 atom stereocenters. The van der Waals surface area contributed by atoms with Crippen LogP contribution in [0.15, 0.2) is 35.5 Å². The van der Waals surface area contributed by atoms with E-state index in [-0.39, 0.29) is 18.5 Å². The Bertz CT molecular complexity index is 515. The van der Waals surface area contributed by atoms with Gasteiger partial charge in [0.25, 0.3) is 0 Å². The van der Waals surface area contributed by atoms with Gasteiger partial charge in [0.1, 0.15) is 6.10 Å². The third kappa shape index (κ3) is 3.42. The van der Waals surface area contributed by atoms with Gasteiger partial charge in [-0.1, -0.05) is 12.7 Å². The molecule has 1 fully saturated rings. The molecule has 0 saturated carbocycles. The number of rotatable bonds is 2. The first kappa shape index (κ1) is 15.5. The molecule has 0 aromatic carbocycles. The summed E-state index contributed by atoms with van der Waals surface area (Å²) >= 11 is 0. The van der Waals surface area contributed by atoms with Gasteiger partial charge in [0.2, 0.25) is 0 Å². The van der Waals surface area contributed by atoms with Crippen LogP contribution in [0.2, 0.25) is 0 Å². The lowest BCUT2D eigenvalue weighted by Crippen LogP contribution is -2.17. The second-order valence-corrected chi connectivity index (χ2v) is 5.28. The molecule has 21 heavy (non-hydrogen) atoms. The highest BCUT2D eigenvalue weighted by molar-refractivity contribution is 5.91. The minimum Gasteiger partial charge on any atom is -0.466 e. The second-order valence-electron chi connectivity index (χ2n) is 5.28. The molecule has 5 nitrogen and oxygen atoms in total. The molecule has 0 aromatic rings. The Morgan fingerprint density at radius 3 is 2.95 bits per heavy atom. The Morgan fingerprint density at radius 1 is 1.52 bits per heavy atom. The third-order valence-electron chi connectivity index (χ3n) is 3.98. The lowest BCUT2D eigenvalue weighted by atomic mass is 9.87. The highest BCUT2D eigenvalue weighted by atomic mass is 16.6. The largest absolute Gasteiger partial charge is 0.466 e. The molecule has 114 valence electrons. The second kappa shape index (κ2) is 6.72. The summed E-state index contributed by atoms with van der Waals surface area (Å²) in [5.74, 6) is -0.913. The first-order chi connectivity index (χ1) is 10.1. The van der Waals surface area contributed by atoms with E-state index in [1.54, 1.807) is 0 Å². The summed E-state index contributed by atoms with van der Waals surface area (Å²) < 4.78 is 10.1. The zero-order chi connectivity index (χ0) is 15.4. The van der Waals surface area contributed by atoms with Gasteiger partial charge in [0.05, 0.1) is 13.7 Å². The van der Waals surface area contributed by atoms with E-state index >= 15 is 0 Å². The molecule has 1 saturated heterocycles. The minimum absolute atomic E-state index is 0.0886. The summed E-state index contributed by atoms with van der Waals surface area (Å²) in [6.07, 6.45) is 5.63. The van der Waals surface area contributed by atoms with Crippen molar-refractivity contribution in [3.63, 3.8) is 0 Å². The van der Waals surface area contributed by atoms with Gasteiger partial charge in [-0.3, -0.25) is 0 Å².